The van der Waals surface area contributed by atoms with Crippen LogP contribution >= 0.6 is 0 Å². The average Bonchev–Trinajstić information content (AvgIpc) is 2.33. The van der Waals surface area contributed by atoms with Crippen LogP contribution in [-0.4, -0.2) is 36.9 Å². The van der Waals surface area contributed by atoms with Crippen LogP contribution < -0.4 is 0 Å². The standard InChI is InChI=1S/C8H14O2.C6H10O3/c1-6(2)5-10-8(9)7(3)4;1-5(2)6(8)9-4-3-7/h6H,3,5H2,1-2,4H3;7H,1,3-4H2,2H3. The molecule has 0 saturated heterocycles. The van der Waals surface area contributed by atoms with Crippen molar-refractivity contribution in [3.05, 3.63) is 24.3 Å². The lowest BCUT2D eigenvalue weighted by Crippen LogP contribution is -2.09. The number of ether oxygens (including phenoxy) is 2. The predicted octanol–water partition coefficient (Wildman–Crippen LogP) is 1.86. The summed E-state index contributed by atoms with van der Waals surface area (Å²) in [7, 11) is 0. The first-order valence-corrected chi connectivity index (χ1v) is 5.98. The highest BCUT2D eigenvalue weighted by Gasteiger charge is 2.03. The van der Waals surface area contributed by atoms with Crippen molar-refractivity contribution < 1.29 is 24.2 Å². The molecule has 0 atom stereocenters. The molecule has 0 radical (unpaired) electrons. The Kier molecular flexibility index (Phi) is 11.9. The van der Waals surface area contributed by atoms with Crippen LogP contribution in [0.25, 0.3) is 0 Å². The minimum atomic E-state index is -0.455. The van der Waals surface area contributed by atoms with Gasteiger partial charge >= 0.3 is 11.9 Å². The van der Waals surface area contributed by atoms with Crippen LogP contribution in [0.3, 0.4) is 0 Å². The first-order valence-electron chi connectivity index (χ1n) is 5.98. The number of hydrogen-bond donors (Lipinski definition) is 1. The summed E-state index contributed by atoms with van der Waals surface area (Å²) in [6.07, 6.45) is 0. The Morgan fingerprint density at radius 2 is 1.47 bits per heavy atom. The lowest BCUT2D eigenvalue weighted by molar-refractivity contribution is -0.140. The van der Waals surface area contributed by atoms with Crippen molar-refractivity contribution >= 4 is 11.9 Å². The van der Waals surface area contributed by atoms with Crippen molar-refractivity contribution in [2.45, 2.75) is 27.7 Å². The fourth-order valence-corrected chi connectivity index (χ4v) is 0.627. The lowest BCUT2D eigenvalue weighted by Gasteiger charge is -2.05. The molecule has 0 amide bonds. The van der Waals surface area contributed by atoms with Crippen LogP contribution in [0.15, 0.2) is 24.3 Å². The topological polar surface area (TPSA) is 72.8 Å². The van der Waals surface area contributed by atoms with E-state index in [0.717, 1.165) is 0 Å². The summed E-state index contributed by atoms with van der Waals surface area (Å²) in [4.78, 5) is 21.2. The van der Waals surface area contributed by atoms with Crippen LogP contribution in [0, 0.1) is 5.92 Å². The molecule has 0 unspecified atom stereocenters. The van der Waals surface area contributed by atoms with Crippen molar-refractivity contribution in [3.8, 4) is 0 Å². The average molecular weight is 272 g/mol. The molecule has 110 valence electrons. The zero-order valence-electron chi connectivity index (χ0n) is 12.2. The van der Waals surface area contributed by atoms with Crippen molar-refractivity contribution in [1.29, 1.82) is 0 Å². The maximum Gasteiger partial charge on any atom is 0.333 e. The fraction of sp³-hybridized carbons (Fsp3) is 0.571. The van der Waals surface area contributed by atoms with E-state index in [1.807, 2.05) is 13.8 Å². The lowest BCUT2D eigenvalue weighted by atomic mass is 10.2. The van der Waals surface area contributed by atoms with Crippen molar-refractivity contribution in [1.82, 2.24) is 0 Å². The number of aliphatic hydroxyl groups is 1. The summed E-state index contributed by atoms with van der Waals surface area (Å²) in [5.74, 6) is -0.360. The van der Waals surface area contributed by atoms with Crippen molar-refractivity contribution in [3.63, 3.8) is 0 Å². The number of rotatable bonds is 6. The fourth-order valence-electron chi connectivity index (χ4n) is 0.627. The van der Waals surface area contributed by atoms with E-state index >= 15 is 0 Å². The maximum absolute atomic E-state index is 10.7. The smallest absolute Gasteiger partial charge is 0.333 e. The number of aliphatic hydroxyl groups excluding tert-OH is 1. The van der Waals surface area contributed by atoms with Gasteiger partial charge in [0.25, 0.3) is 0 Å². The van der Waals surface area contributed by atoms with Gasteiger partial charge in [-0.2, -0.15) is 0 Å². The Morgan fingerprint density at radius 3 is 1.79 bits per heavy atom. The van der Waals surface area contributed by atoms with Crippen LogP contribution in [0.2, 0.25) is 0 Å². The summed E-state index contributed by atoms with van der Waals surface area (Å²) in [5, 5.41) is 8.19. The van der Waals surface area contributed by atoms with Crippen LogP contribution in [0.1, 0.15) is 27.7 Å². The van der Waals surface area contributed by atoms with Crippen LogP contribution in [0.5, 0.6) is 0 Å². The molecular weight excluding hydrogens is 248 g/mol. The van der Waals surface area contributed by atoms with Gasteiger partial charge < -0.3 is 14.6 Å². The first kappa shape index (κ1) is 19.7. The van der Waals surface area contributed by atoms with Gasteiger partial charge in [-0.25, -0.2) is 9.59 Å². The third-order valence-corrected chi connectivity index (χ3v) is 1.57. The highest BCUT2D eigenvalue weighted by Crippen LogP contribution is 1.97. The summed E-state index contributed by atoms with van der Waals surface area (Å²) in [6.45, 7) is 14.4. The van der Waals surface area contributed by atoms with Crippen molar-refractivity contribution in [2.24, 2.45) is 5.92 Å². The normalized spacial score (nSPS) is 9.16. The zero-order chi connectivity index (χ0) is 15.4. The Balaban J connectivity index is 0. The van der Waals surface area contributed by atoms with Gasteiger partial charge in [-0.05, 0) is 19.8 Å². The van der Waals surface area contributed by atoms with Gasteiger partial charge in [0.1, 0.15) is 6.61 Å². The molecule has 0 saturated carbocycles. The van der Waals surface area contributed by atoms with Gasteiger partial charge in [-0.15, -0.1) is 0 Å². The molecule has 0 fully saturated rings. The number of carbonyl (C=O) groups is 2. The summed E-state index contributed by atoms with van der Waals surface area (Å²) < 4.78 is 9.29. The summed E-state index contributed by atoms with van der Waals surface area (Å²) in [6, 6.07) is 0. The number of hydrogen-bond acceptors (Lipinski definition) is 5. The van der Waals surface area contributed by atoms with Gasteiger partial charge in [0.2, 0.25) is 0 Å². The Bertz CT molecular complexity index is 318. The molecule has 0 aliphatic rings. The highest BCUT2D eigenvalue weighted by molar-refractivity contribution is 5.87. The Morgan fingerprint density at radius 1 is 1.05 bits per heavy atom. The van der Waals surface area contributed by atoms with E-state index in [2.05, 4.69) is 17.9 Å². The molecule has 0 aliphatic heterocycles. The van der Waals surface area contributed by atoms with E-state index in [1.165, 1.54) is 0 Å². The third kappa shape index (κ3) is 14.3. The van der Waals surface area contributed by atoms with Gasteiger partial charge in [-0.3, -0.25) is 0 Å². The van der Waals surface area contributed by atoms with Gasteiger partial charge in [0, 0.05) is 11.1 Å². The van der Waals surface area contributed by atoms with E-state index in [0.29, 0.717) is 23.7 Å². The monoisotopic (exact) mass is 272 g/mol. The molecular formula is C14H24O5. The molecule has 0 heterocycles. The summed E-state index contributed by atoms with van der Waals surface area (Å²) >= 11 is 0. The largest absolute Gasteiger partial charge is 0.462 e. The van der Waals surface area contributed by atoms with Crippen molar-refractivity contribution in [2.75, 3.05) is 19.8 Å². The Labute approximate surface area is 114 Å². The van der Waals surface area contributed by atoms with Crippen LogP contribution in [-0.2, 0) is 19.1 Å². The quantitative estimate of drug-likeness (QED) is 0.590. The molecule has 0 rings (SSSR count). The minimum Gasteiger partial charge on any atom is -0.462 e. The minimum absolute atomic E-state index is 0.0473. The molecule has 0 spiro atoms. The SMILES string of the molecule is C=C(C)C(=O)OCC(C)C.C=C(C)C(=O)OCCO. The molecule has 5 nitrogen and oxygen atoms in total. The van der Waals surface area contributed by atoms with E-state index in [9.17, 15) is 9.59 Å². The molecule has 1 N–H and O–H groups in total. The van der Waals surface area contributed by atoms with E-state index in [4.69, 9.17) is 9.84 Å². The second kappa shape index (κ2) is 11.5. The molecule has 0 aromatic carbocycles. The molecule has 0 aromatic heterocycles. The molecule has 0 bridgehead atoms. The molecule has 0 aliphatic carbocycles. The predicted molar refractivity (Wildman–Crippen MR) is 73.5 cm³/mol. The number of esters is 2. The highest BCUT2D eigenvalue weighted by atomic mass is 16.5. The zero-order valence-corrected chi connectivity index (χ0v) is 12.2. The molecule has 19 heavy (non-hydrogen) atoms. The second-order valence-electron chi connectivity index (χ2n) is 4.41. The number of carbonyl (C=O) groups excluding carboxylic acids is 2. The van der Waals surface area contributed by atoms with Gasteiger partial charge in [0.05, 0.1) is 13.2 Å². The third-order valence-electron chi connectivity index (χ3n) is 1.57. The van der Waals surface area contributed by atoms with E-state index in [1.54, 1.807) is 13.8 Å². The van der Waals surface area contributed by atoms with Crippen LogP contribution in [0.4, 0.5) is 0 Å². The second-order valence-corrected chi connectivity index (χ2v) is 4.41. The summed E-state index contributed by atoms with van der Waals surface area (Å²) in [5.41, 5.74) is 0.809. The maximum atomic E-state index is 10.7. The Hall–Kier alpha value is -1.62. The van der Waals surface area contributed by atoms with E-state index < -0.39 is 5.97 Å². The van der Waals surface area contributed by atoms with Gasteiger partial charge in [0.15, 0.2) is 0 Å². The molecule has 0 aromatic rings. The molecule has 5 heteroatoms. The first-order chi connectivity index (χ1) is 8.72. The van der Waals surface area contributed by atoms with E-state index in [-0.39, 0.29) is 19.2 Å². The van der Waals surface area contributed by atoms with Gasteiger partial charge in [-0.1, -0.05) is 27.0 Å².